The van der Waals surface area contributed by atoms with Crippen LogP contribution in [0.1, 0.15) is 24.2 Å². The Morgan fingerprint density at radius 3 is 2.41 bits per heavy atom. The molecule has 0 aliphatic heterocycles. The van der Waals surface area contributed by atoms with Gasteiger partial charge in [0.05, 0.1) is 18.7 Å². The molecule has 0 radical (unpaired) electrons. The van der Waals surface area contributed by atoms with E-state index in [9.17, 15) is 4.79 Å². The molecule has 2 rings (SSSR count). The lowest BCUT2D eigenvalue weighted by Gasteiger charge is -2.19. The molecular formula is C18H18N2O2. The zero-order valence-corrected chi connectivity index (χ0v) is 12.9. The lowest BCUT2D eigenvalue weighted by molar-refractivity contribution is 0.0926. The highest BCUT2D eigenvalue weighted by molar-refractivity contribution is 5.98. The molecule has 0 heterocycles. The number of carbonyl (C=O) groups is 1. The van der Waals surface area contributed by atoms with Gasteiger partial charge in [-0.25, -0.2) is 0 Å². The van der Waals surface area contributed by atoms with E-state index in [4.69, 9.17) is 10.00 Å². The molecule has 0 atom stereocenters. The Labute approximate surface area is 130 Å². The van der Waals surface area contributed by atoms with Crippen LogP contribution in [0.5, 0.6) is 5.75 Å². The first-order valence-corrected chi connectivity index (χ1v) is 6.94. The number of amides is 1. The number of hydrogen-bond acceptors (Lipinski definition) is 3. The highest BCUT2D eigenvalue weighted by Crippen LogP contribution is 2.27. The molecule has 112 valence electrons. The van der Waals surface area contributed by atoms with Gasteiger partial charge in [-0.05, 0) is 37.1 Å². The van der Waals surface area contributed by atoms with E-state index in [0.29, 0.717) is 11.3 Å². The van der Waals surface area contributed by atoms with Crippen molar-refractivity contribution in [2.45, 2.75) is 19.4 Å². The zero-order chi connectivity index (χ0) is 16.2. The Hall–Kier alpha value is -2.80. The first-order chi connectivity index (χ1) is 10.5. The van der Waals surface area contributed by atoms with E-state index in [0.717, 1.165) is 11.1 Å². The average Bonchev–Trinajstić information content (AvgIpc) is 2.54. The minimum atomic E-state index is -0.940. The number of benzene rings is 2. The van der Waals surface area contributed by atoms with Crippen LogP contribution in [0.3, 0.4) is 0 Å². The van der Waals surface area contributed by atoms with Crippen molar-refractivity contribution in [2.75, 3.05) is 7.11 Å². The summed E-state index contributed by atoms with van der Waals surface area (Å²) in [5, 5.41) is 11.7. The van der Waals surface area contributed by atoms with Crippen molar-refractivity contribution >= 4 is 5.91 Å². The molecule has 4 heteroatoms. The van der Waals surface area contributed by atoms with Crippen molar-refractivity contribution in [2.24, 2.45) is 0 Å². The van der Waals surface area contributed by atoms with Crippen LogP contribution in [0.2, 0.25) is 0 Å². The highest BCUT2D eigenvalue weighted by atomic mass is 16.5. The lowest BCUT2D eigenvalue weighted by atomic mass is 10.0. The number of methoxy groups -OCH3 is 1. The average molecular weight is 294 g/mol. The fourth-order valence-electron chi connectivity index (χ4n) is 2.07. The Morgan fingerprint density at radius 2 is 1.82 bits per heavy atom. The topological polar surface area (TPSA) is 62.1 Å². The van der Waals surface area contributed by atoms with Gasteiger partial charge in [0.1, 0.15) is 11.3 Å². The predicted octanol–water partition coefficient (Wildman–Crippen LogP) is 3.39. The number of ether oxygens (including phenoxy) is 1. The lowest BCUT2D eigenvalue weighted by Crippen LogP contribution is -2.42. The maximum Gasteiger partial charge on any atom is 0.256 e. The highest BCUT2D eigenvalue weighted by Gasteiger charge is 2.22. The SMILES string of the molecule is COc1ccc(-c2ccccc2)cc1C(=O)NC(C)(C)C#N. The maximum atomic E-state index is 12.4. The molecule has 1 amide bonds. The molecule has 2 aromatic carbocycles. The standard InChI is InChI=1S/C18H18N2O2/c1-18(2,12-19)20-17(21)15-11-14(9-10-16(15)22-3)13-7-5-4-6-8-13/h4-11H,1-3H3,(H,20,21). The third kappa shape index (κ3) is 3.44. The van der Waals surface area contributed by atoms with Gasteiger partial charge in [0.15, 0.2) is 0 Å². The molecule has 1 N–H and O–H groups in total. The van der Waals surface area contributed by atoms with Crippen LogP contribution >= 0.6 is 0 Å². The van der Waals surface area contributed by atoms with Crippen molar-refractivity contribution in [3.63, 3.8) is 0 Å². The van der Waals surface area contributed by atoms with Crippen molar-refractivity contribution in [1.29, 1.82) is 5.26 Å². The minimum Gasteiger partial charge on any atom is -0.496 e. The number of nitriles is 1. The maximum absolute atomic E-state index is 12.4. The van der Waals surface area contributed by atoms with Crippen LogP contribution in [0.25, 0.3) is 11.1 Å². The predicted molar refractivity (Wildman–Crippen MR) is 85.6 cm³/mol. The van der Waals surface area contributed by atoms with Crippen molar-refractivity contribution < 1.29 is 9.53 Å². The Balaban J connectivity index is 2.42. The van der Waals surface area contributed by atoms with Crippen LogP contribution in [-0.2, 0) is 0 Å². The second-order valence-corrected chi connectivity index (χ2v) is 5.47. The number of nitrogens with zero attached hydrogens (tertiary/aromatic N) is 1. The van der Waals surface area contributed by atoms with Crippen LogP contribution < -0.4 is 10.1 Å². The van der Waals surface area contributed by atoms with E-state index >= 15 is 0 Å². The van der Waals surface area contributed by atoms with E-state index in [1.807, 2.05) is 36.4 Å². The summed E-state index contributed by atoms with van der Waals surface area (Å²) in [6.45, 7) is 3.30. The summed E-state index contributed by atoms with van der Waals surface area (Å²) in [5.41, 5.74) is 1.40. The van der Waals surface area contributed by atoms with Crippen LogP contribution in [0.4, 0.5) is 0 Å². The fourth-order valence-corrected chi connectivity index (χ4v) is 2.07. The number of nitrogens with one attached hydrogen (secondary N) is 1. The van der Waals surface area contributed by atoms with Gasteiger partial charge in [-0.15, -0.1) is 0 Å². The van der Waals surface area contributed by atoms with Crippen molar-refractivity contribution in [3.8, 4) is 22.9 Å². The molecule has 0 aliphatic carbocycles. The van der Waals surface area contributed by atoms with E-state index < -0.39 is 5.54 Å². The molecule has 0 aliphatic rings. The van der Waals surface area contributed by atoms with Gasteiger partial charge in [0.2, 0.25) is 0 Å². The van der Waals surface area contributed by atoms with E-state index in [2.05, 4.69) is 11.4 Å². The van der Waals surface area contributed by atoms with Crippen LogP contribution in [0.15, 0.2) is 48.5 Å². The van der Waals surface area contributed by atoms with Gasteiger partial charge in [0, 0.05) is 0 Å². The summed E-state index contributed by atoms with van der Waals surface area (Å²) in [6.07, 6.45) is 0. The smallest absolute Gasteiger partial charge is 0.256 e. The summed E-state index contributed by atoms with van der Waals surface area (Å²) in [7, 11) is 1.52. The first-order valence-electron chi connectivity index (χ1n) is 6.94. The van der Waals surface area contributed by atoms with Crippen LogP contribution in [-0.4, -0.2) is 18.6 Å². The largest absolute Gasteiger partial charge is 0.496 e. The van der Waals surface area contributed by atoms with E-state index in [-0.39, 0.29) is 5.91 Å². The van der Waals surface area contributed by atoms with Crippen molar-refractivity contribution in [3.05, 3.63) is 54.1 Å². The van der Waals surface area contributed by atoms with E-state index in [1.165, 1.54) is 7.11 Å². The number of hydrogen-bond donors (Lipinski definition) is 1. The Kier molecular flexibility index (Phi) is 4.47. The molecule has 0 spiro atoms. The second-order valence-electron chi connectivity index (χ2n) is 5.47. The quantitative estimate of drug-likeness (QED) is 0.940. The molecular weight excluding hydrogens is 276 g/mol. The van der Waals surface area contributed by atoms with Gasteiger partial charge < -0.3 is 10.1 Å². The third-order valence-electron chi connectivity index (χ3n) is 3.26. The number of rotatable bonds is 4. The molecule has 0 saturated heterocycles. The van der Waals surface area contributed by atoms with Gasteiger partial charge in [-0.2, -0.15) is 5.26 Å². The Bertz CT molecular complexity index is 716. The zero-order valence-electron chi connectivity index (χ0n) is 12.9. The molecule has 2 aromatic rings. The summed E-state index contributed by atoms with van der Waals surface area (Å²) < 4.78 is 5.26. The Morgan fingerprint density at radius 1 is 1.14 bits per heavy atom. The summed E-state index contributed by atoms with van der Waals surface area (Å²) in [4.78, 5) is 12.4. The molecule has 0 bridgehead atoms. The molecule has 0 aromatic heterocycles. The summed E-state index contributed by atoms with van der Waals surface area (Å²) >= 11 is 0. The number of carbonyl (C=O) groups excluding carboxylic acids is 1. The van der Waals surface area contributed by atoms with Gasteiger partial charge in [-0.1, -0.05) is 36.4 Å². The van der Waals surface area contributed by atoms with Crippen molar-refractivity contribution in [1.82, 2.24) is 5.32 Å². The molecule has 0 fully saturated rings. The van der Waals surface area contributed by atoms with Gasteiger partial charge in [-0.3, -0.25) is 4.79 Å². The first kappa shape index (κ1) is 15.6. The monoisotopic (exact) mass is 294 g/mol. The molecule has 4 nitrogen and oxygen atoms in total. The third-order valence-corrected chi connectivity index (χ3v) is 3.26. The fraction of sp³-hybridized carbons (Fsp3) is 0.222. The summed E-state index contributed by atoms with van der Waals surface area (Å²) in [6, 6.07) is 17.3. The van der Waals surface area contributed by atoms with Gasteiger partial charge >= 0.3 is 0 Å². The van der Waals surface area contributed by atoms with E-state index in [1.54, 1.807) is 26.0 Å². The second kappa shape index (κ2) is 6.31. The normalized spacial score (nSPS) is 10.6. The minimum absolute atomic E-state index is 0.332. The molecule has 0 unspecified atom stereocenters. The molecule has 0 saturated carbocycles. The summed E-state index contributed by atoms with van der Waals surface area (Å²) in [5.74, 6) is 0.145. The molecule has 22 heavy (non-hydrogen) atoms. The van der Waals surface area contributed by atoms with Crippen LogP contribution in [0, 0.1) is 11.3 Å². The van der Waals surface area contributed by atoms with Gasteiger partial charge in [0.25, 0.3) is 5.91 Å².